The molecule has 1 unspecified atom stereocenters. The average molecular weight is 484 g/mol. The van der Waals surface area contributed by atoms with Gasteiger partial charge in [-0.2, -0.15) is 5.10 Å². The summed E-state index contributed by atoms with van der Waals surface area (Å²) in [6, 6.07) is 0. The van der Waals surface area contributed by atoms with Crippen LogP contribution in [0.5, 0.6) is 0 Å². The third-order valence-corrected chi connectivity index (χ3v) is 12.5. The minimum Gasteiger partial charge on any atom is -0.393 e. The highest BCUT2D eigenvalue weighted by atomic mass is 16.3. The van der Waals surface area contributed by atoms with E-state index in [4.69, 9.17) is 4.98 Å². The number of rotatable bonds is 6. The van der Waals surface area contributed by atoms with Crippen molar-refractivity contribution in [3.8, 4) is 0 Å². The quantitative estimate of drug-likeness (QED) is 0.472. The first-order valence-electron chi connectivity index (χ1n) is 15.0. The van der Waals surface area contributed by atoms with Gasteiger partial charge in [0.2, 0.25) is 0 Å². The molecule has 35 heavy (non-hydrogen) atoms. The highest BCUT2D eigenvalue weighted by Gasteiger charge is 2.64. The summed E-state index contributed by atoms with van der Waals surface area (Å²) in [6.07, 6.45) is 13.6. The fraction of sp³-hybridized carbons (Fsp3) is 0.933. The molecule has 5 heteroatoms. The van der Waals surface area contributed by atoms with Crippen molar-refractivity contribution in [2.75, 3.05) is 0 Å². The van der Waals surface area contributed by atoms with Crippen molar-refractivity contribution in [2.24, 2.45) is 52.3 Å². The van der Waals surface area contributed by atoms with E-state index in [1.807, 2.05) is 0 Å². The van der Waals surface area contributed by atoms with Crippen molar-refractivity contribution in [3.63, 3.8) is 0 Å². The van der Waals surface area contributed by atoms with Gasteiger partial charge in [0, 0.05) is 12.3 Å². The van der Waals surface area contributed by atoms with Crippen LogP contribution in [0, 0.1) is 52.3 Å². The number of hydrogen-bond donors (Lipinski definition) is 3. The van der Waals surface area contributed by atoms with E-state index in [1.54, 1.807) is 0 Å². The molecule has 6 rings (SSSR count). The summed E-state index contributed by atoms with van der Waals surface area (Å²) in [5.41, 5.74) is 0.637. The van der Waals surface area contributed by atoms with Crippen molar-refractivity contribution in [1.29, 1.82) is 0 Å². The van der Waals surface area contributed by atoms with Gasteiger partial charge in [-0.15, -0.1) is 0 Å². The van der Waals surface area contributed by atoms with Crippen LogP contribution >= 0.6 is 0 Å². The molecule has 11 atom stereocenters. The second-order valence-corrected chi connectivity index (χ2v) is 14.1. The highest BCUT2D eigenvalue weighted by molar-refractivity contribution is 5.13. The first-order chi connectivity index (χ1) is 16.8. The molecule has 1 aromatic rings. The largest absolute Gasteiger partial charge is 0.393 e. The second-order valence-electron chi connectivity index (χ2n) is 14.1. The van der Waals surface area contributed by atoms with Gasteiger partial charge in [0.1, 0.15) is 5.82 Å². The minimum atomic E-state index is -0.193. The van der Waals surface area contributed by atoms with E-state index in [2.05, 4.69) is 37.9 Å². The van der Waals surface area contributed by atoms with Crippen LogP contribution in [-0.2, 0) is 6.42 Å². The Morgan fingerprint density at radius 2 is 1.71 bits per heavy atom. The molecule has 0 spiro atoms. The topological polar surface area (TPSA) is 82.0 Å². The molecule has 196 valence electrons. The molecule has 5 saturated carbocycles. The van der Waals surface area contributed by atoms with Gasteiger partial charge in [0.05, 0.1) is 12.2 Å². The lowest BCUT2D eigenvalue weighted by molar-refractivity contribution is -0.203. The molecule has 0 saturated heterocycles. The summed E-state index contributed by atoms with van der Waals surface area (Å²) < 4.78 is 0. The number of hydrogen-bond acceptors (Lipinski definition) is 4. The Morgan fingerprint density at radius 3 is 2.46 bits per heavy atom. The van der Waals surface area contributed by atoms with Gasteiger partial charge in [-0.05, 0) is 116 Å². The first-order valence-corrected chi connectivity index (χ1v) is 15.0. The number of H-pyrrole nitrogens is 1. The monoisotopic (exact) mass is 483 g/mol. The molecule has 0 amide bonds. The number of aliphatic hydroxyl groups is 2. The van der Waals surface area contributed by atoms with Gasteiger partial charge < -0.3 is 10.2 Å². The van der Waals surface area contributed by atoms with Crippen molar-refractivity contribution in [2.45, 2.75) is 123 Å². The van der Waals surface area contributed by atoms with Crippen LogP contribution in [0.2, 0.25) is 0 Å². The summed E-state index contributed by atoms with van der Waals surface area (Å²) in [7, 11) is 0. The van der Waals surface area contributed by atoms with E-state index in [0.29, 0.717) is 52.3 Å². The second kappa shape index (κ2) is 8.82. The van der Waals surface area contributed by atoms with Crippen LogP contribution in [0.4, 0.5) is 0 Å². The Bertz CT molecular complexity index is 913. The molecule has 0 aromatic carbocycles. The number of aromatic nitrogens is 3. The van der Waals surface area contributed by atoms with Crippen molar-refractivity contribution in [3.05, 3.63) is 11.6 Å². The van der Waals surface area contributed by atoms with E-state index in [1.165, 1.54) is 44.9 Å². The third kappa shape index (κ3) is 3.85. The number of aryl methyl sites for hydroxylation is 1. The molecule has 5 fully saturated rings. The maximum atomic E-state index is 11.9. The molecule has 5 aliphatic rings. The van der Waals surface area contributed by atoms with Gasteiger partial charge in [0.25, 0.3) is 0 Å². The molecule has 1 aromatic heterocycles. The number of nitrogens with one attached hydrogen (secondary N) is 1. The maximum Gasteiger partial charge on any atom is 0.153 e. The molecular formula is C30H49N3O2. The molecule has 0 radical (unpaired) electrons. The van der Waals surface area contributed by atoms with Crippen LogP contribution in [0.25, 0.3) is 0 Å². The van der Waals surface area contributed by atoms with E-state index in [-0.39, 0.29) is 12.2 Å². The molecule has 5 aliphatic carbocycles. The lowest BCUT2D eigenvalue weighted by atomic mass is 9.41. The van der Waals surface area contributed by atoms with Gasteiger partial charge in [-0.25, -0.2) is 4.98 Å². The van der Waals surface area contributed by atoms with Crippen molar-refractivity contribution >= 4 is 0 Å². The normalized spacial score (nSPS) is 48.2. The zero-order valence-electron chi connectivity index (χ0n) is 22.5. The van der Waals surface area contributed by atoms with Gasteiger partial charge in [0.15, 0.2) is 5.82 Å². The van der Waals surface area contributed by atoms with E-state index in [0.717, 1.165) is 49.7 Å². The molecule has 3 N–H and O–H groups in total. The fourth-order valence-corrected chi connectivity index (χ4v) is 10.4. The molecule has 0 bridgehead atoms. The fourth-order valence-electron chi connectivity index (χ4n) is 10.4. The Morgan fingerprint density at radius 1 is 0.971 bits per heavy atom. The lowest BCUT2D eigenvalue weighted by Crippen LogP contribution is -2.62. The lowest BCUT2D eigenvalue weighted by Gasteiger charge is -2.64. The van der Waals surface area contributed by atoms with Gasteiger partial charge in [-0.3, -0.25) is 5.10 Å². The summed E-state index contributed by atoms with van der Waals surface area (Å²) >= 11 is 0. The number of fused-ring (bicyclic) bond motifs is 5. The number of aromatic amines is 1. The van der Waals surface area contributed by atoms with Crippen LogP contribution < -0.4 is 0 Å². The zero-order valence-corrected chi connectivity index (χ0v) is 22.5. The number of nitrogens with zero attached hydrogens (tertiary/aromatic N) is 2. The molecular weight excluding hydrogens is 434 g/mol. The van der Waals surface area contributed by atoms with Crippen molar-refractivity contribution < 1.29 is 10.2 Å². The Kier molecular flexibility index (Phi) is 6.15. The predicted octanol–water partition coefficient (Wildman–Crippen LogP) is 5.88. The summed E-state index contributed by atoms with van der Waals surface area (Å²) in [4.78, 5) is 4.78. The average Bonchev–Trinajstić information content (AvgIpc) is 3.47. The maximum absolute atomic E-state index is 11.9. The number of aliphatic hydroxyl groups excluding tert-OH is 2. The smallest absolute Gasteiger partial charge is 0.153 e. The summed E-state index contributed by atoms with van der Waals surface area (Å²) in [5, 5.41) is 30.1. The third-order valence-electron chi connectivity index (χ3n) is 12.5. The Labute approximate surface area is 212 Å². The van der Waals surface area contributed by atoms with Crippen LogP contribution in [0.3, 0.4) is 0 Å². The van der Waals surface area contributed by atoms with E-state index in [9.17, 15) is 10.2 Å². The van der Waals surface area contributed by atoms with Crippen molar-refractivity contribution in [1.82, 2.24) is 15.2 Å². The van der Waals surface area contributed by atoms with Crippen LogP contribution in [0.1, 0.15) is 116 Å². The van der Waals surface area contributed by atoms with E-state index < -0.39 is 0 Å². The molecule has 1 heterocycles. The van der Waals surface area contributed by atoms with E-state index >= 15 is 0 Å². The van der Waals surface area contributed by atoms with Crippen LogP contribution in [0.15, 0.2) is 0 Å². The van der Waals surface area contributed by atoms with Crippen LogP contribution in [-0.4, -0.2) is 37.6 Å². The highest BCUT2D eigenvalue weighted by Crippen LogP contribution is 2.69. The minimum absolute atomic E-state index is 0.166. The van der Waals surface area contributed by atoms with Gasteiger partial charge >= 0.3 is 0 Å². The molecule has 5 nitrogen and oxygen atoms in total. The summed E-state index contributed by atoms with van der Waals surface area (Å²) in [6.45, 7) is 9.89. The Balaban J connectivity index is 1.19. The van der Waals surface area contributed by atoms with Gasteiger partial charge in [-0.1, -0.05) is 34.1 Å². The standard InChI is InChI=1S/C30H49N3O2/c1-5-20-24-16-19(34)12-14-30(24,4)23-13-15-29(3)21(9-10-22(29)26(23)27(20)35)17(2)6-11-25-31-28(33-32-25)18-7-8-18/h17-24,26-27,34-35H,5-16H2,1-4H3,(H,31,32,33)/t17-,19-,20-,21-,22+,23+,24+,26?,27-,29-,30-/m1/s1. The Hall–Kier alpha value is -0.940. The SMILES string of the molecule is CC[C@H]1[C@@H](O)C2[C@@H]3CC[C@H]([C@H](C)CCc4nc(C5CC5)n[nH]4)[C@@]3(C)CC[C@@H]2[C@@]2(C)CC[C@@H](O)C[C@@H]12. The zero-order chi connectivity index (χ0) is 24.5. The summed E-state index contributed by atoms with van der Waals surface area (Å²) in [5.74, 6) is 6.70. The first kappa shape index (κ1) is 24.4. The molecule has 0 aliphatic heterocycles. The predicted molar refractivity (Wildman–Crippen MR) is 138 cm³/mol.